The van der Waals surface area contributed by atoms with Gasteiger partial charge in [-0.3, -0.25) is 0 Å². The second-order valence-corrected chi connectivity index (χ2v) is 7.01. The van der Waals surface area contributed by atoms with Crippen LogP contribution in [-0.2, 0) is 0 Å². The van der Waals surface area contributed by atoms with Crippen LogP contribution >= 0.6 is 0 Å². The van der Waals surface area contributed by atoms with E-state index in [2.05, 4.69) is 96.3 Å². The lowest BCUT2D eigenvalue weighted by molar-refractivity contribution is 1.56. The number of nitrogen functional groups attached to an aromatic ring is 1. The van der Waals surface area contributed by atoms with Gasteiger partial charge in [0.2, 0.25) is 0 Å². The molecule has 0 unspecified atom stereocenters. The van der Waals surface area contributed by atoms with Gasteiger partial charge in [0.25, 0.3) is 0 Å². The second-order valence-electron chi connectivity index (χ2n) is 7.01. The zero-order chi connectivity index (χ0) is 18.9. The highest BCUT2D eigenvalue weighted by molar-refractivity contribution is 6.13. The maximum absolute atomic E-state index is 5.79. The minimum Gasteiger partial charge on any atom is -0.399 e. The Labute approximate surface area is 164 Å². The van der Waals surface area contributed by atoms with Gasteiger partial charge >= 0.3 is 0 Å². The summed E-state index contributed by atoms with van der Waals surface area (Å²) >= 11 is 0. The number of anilines is 3. The Morgan fingerprint density at radius 1 is 0.536 bits per heavy atom. The van der Waals surface area contributed by atoms with Crippen LogP contribution in [0, 0.1) is 0 Å². The second kappa shape index (κ2) is 6.75. The number of nitrogens with two attached hydrogens (primary N) is 1. The molecule has 5 aromatic rings. The zero-order valence-corrected chi connectivity index (χ0v) is 15.4. The summed E-state index contributed by atoms with van der Waals surface area (Å²) in [4.78, 5) is 0. The minimum absolute atomic E-state index is 0.783. The average Bonchev–Trinajstić information content (AvgIpc) is 2.75. The molecule has 0 aliphatic heterocycles. The van der Waals surface area contributed by atoms with Crippen LogP contribution in [0.25, 0.3) is 32.7 Å². The lowest BCUT2D eigenvalue weighted by Gasteiger charge is -2.13. The molecule has 0 saturated heterocycles. The van der Waals surface area contributed by atoms with E-state index in [4.69, 9.17) is 5.73 Å². The van der Waals surface area contributed by atoms with Crippen molar-refractivity contribution in [3.8, 4) is 11.1 Å². The number of hydrogen-bond donors (Lipinski definition) is 2. The van der Waals surface area contributed by atoms with Crippen molar-refractivity contribution in [3.05, 3.63) is 103 Å². The fourth-order valence-corrected chi connectivity index (χ4v) is 3.74. The molecule has 0 bridgehead atoms. The van der Waals surface area contributed by atoms with Gasteiger partial charge in [-0.2, -0.15) is 0 Å². The van der Waals surface area contributed by atoms with Gasteiger partial charge in [-0.1, -0.05) is 72.8 Å². The molecule has 0 aliphatic rings. The molecule has 0 spiro atoms. The Hall–Kier alpha value is -3.78. The Morgan fingerprint density at radius 2 is 1.18 bits per heavy atom. The van der Waals surface area contributed by atoms with Crippen molar-refractivity contribution in [1.29, 1.82) is 0 Å². The zero-order valence-electron chi connectivity index (χ0n) is 15.4. The van der Waals surface area contributed by atoms with Crippen molar-refractivity contribution in [2.75, 3.05) is 11.1 Å². The molecule has 0 radical (unpaired) electrons. The van der Waals surface area contributed by atoms with E-state index in [0.717, 1.165) is 22.6 Å². The summed E-state index contributed by atoms with van der Waals surface area (Å²) in [6.45, 7) is 0. The van der Waals surface area contributed by atoms with Crippen LogP contribution in [0.15, 0.2) is 103 Å². The third-order valence-corrected chi connectivity index (χ3v) is 5.18. The quantitative estimate of drug-likeness (QED) is 0.269. The van der Waals surface area contributed by atoms with Gasteiger partial charge in [0.1, 0.15) is 0 Å². The summed E-state index contributed by atoms with van der Waals surface area (Å²) in [6.07, 6.45) is 0. The van der Waals surface area contributed by atoms with Crippen molar-refractivity contribution < 1.29 is 0 Å². The van der Waals surface area contributed by atoms with Crippen LogP contribution in [0.4, 0.5) is 17.1 Å². The third-order valence-electron chi connectivity index (χ3n) is 5.18. The van der Waals surface area contributed by atoms with Crippen LogP contribution < -0.4 is 11.1 Å². The maximum Gasteiger partial charge on any atom is 0.0470 e. The lowest BCUT2D eigenvalue weighted by Crippen LogP contribution is -1.92. The first-order chi connectivity index (χ1) is 13.8. The number of hydrogen-bond acceptors (Lipinski definition) is 2. The van der Waals surface area contributed by atoms with Crippen molar-refractivity contribution in [2.45, 2.75) is 0 Å². The fourth-order valence-electron chi connectivity index (χ4n) is 3.74. The van der Waals surface area contributed by atoms with E-state index in [1.54, 1.807) is 0 Å². The molecule has 0 saturated carbocycles. The first-order valence-corrected chi connectivity index (χ1v) is 9.41. The number of fused-ring (bicyclic) bond motifs is 3. The Bertz CT molecular complexity index is 1270. The van der Waals surface area contributed by atoms with E-state index < -0.39 is 0 Å². The first kappa shape index (κ1) is 16.4. The van der Waals surface area contributed by atoms with E-state index in [0.29, 0.717) is 0 Å². The molecule has 0 fully saturated rings. The monoisotopic (exact) mass is 360 g/mol. The summed E-state index contributed by atoms with van der Waals surface area (Å²) in [6, 6.07) is 35.8. The van der Waals surface area contributed by atoms with E-state index in [1.165, 1.54) is 27.1 Å². The SMILES string of the molecule is Nc1ccc(-c2ccc(Nc3cccc4ccc5ccccc5c34)cc2)cc1. The Morgan fingerprint density at radius 3 is 1.96 bits per heavy atom. The highest BCUT2D eigenvalue weighted by atomic mass is 14.9. The molecule has 28 heavy (non-hydrogen) atoms. The normalized spacial score (nSPS) is 11.0. The molecule has 2 nitrogen and oxygen atoms in total. The maximum atomic E-state index is 5.79. The third kappa shape index (κ3) is 2.95. The van der Waals surface area contributed by atoms with Gasteiger partial charge in [-0.05, 0) is 57.6 Å². The fraction of sp³-hybridized carbons (Fsp3) is 0. The number of nitrogens with one attached hydrogen (secondary N) is 1. The summed E-state index contributed by atoms with van der Waals surface area (Å²) < 4.78 is 0. The van der Waals surface area contributed by atoms with Gasteiger partial charge < -0.3 is 11.1 Å². The van der Waals surface area contributed by atoms with Crippen molar-refractivity contribution in [1.82, 2.24) is 0 Å². The molecule has 0 atom stereocenters. The molecule has 0 aliphatic carbocycles. The van der Waals surface area contributed by atoms with Gasteiger partial charge in [0.05, 0.1) is 0 Å². The Balaban J connectivity index is 1.53. The summed E-state index contributed by atoms with van der Waals surface area (Å²) in [5.41, 5.74) is 11.1. The summed E-state index contributed by atoms with van der Waals surface area (Å²) in [5, 5.41) is 8.62. The topological polar surface area (TPSA) is 38.0 Å². The molecule has 134 valence electrons. The number of rotatable bonds is 3. The molecule has 5 rings (SSSR count). The van der Waals surface area contributed by atoms with Gasteiger partial charge in [0, 0.05) is 22.4 Å². The van der Waals surface area contributed by atoms with Crippen LogP contribution in [0.1, 0.15) is 0 Å². The van der Waals surface area contributed by atoms with E-state index in [-0.39, 0.29) is 0 Å². The van der Waals surface area contributed by atoms with Crippen LogP contribution in [0.2, 0.25) is 0 Å². The highest BCUT2D eigenvalue weighted by Crippen LogP contribution is 2.33. The average molecular weight is 360 g/mol. The molecule has 5 aromatic carbocycles. The predicted molar refractivity (Wildman–Crippen MR) is 121 cm³/mol. The van der Waals surface area contributed by atoms with Gasteiger partial charge in [0.15, 0.2) is 0 Å². The van der Waals surface area contributed by atoms with Crippen molar-refractivity contribution >= 4 is 38.6 Å². The molecule has 0 amide bonds. The summed E-state index contributed by atoms with van der Waals surface area (Å²) in [5.74, 6) is 0. The largest absolute Gasteiger partial charge is 0.399 e. The molecule has 0 heterocycles. The van der Waals surface area contributed by atoms with Crippen LogP contribution in [-0.4, -0.2) is 0 Å². The first-order valence-electron chi connectivity index (χ1n) is 9.41. The smallest absolute Gasteiger partial charge is 0.0470 e. The lowest BCUT2D eigenvalue weighted by atomic mass is 10.0. The molecule has 3 N–H and O–H groups in total. The van der Waals surface area contributed by atoms with Gasteiger partial charge in [-0.15, -0.1) is 0 Å². The van der Waals surface area contributed by atoms with Crippen LogP contribution in [0.3, 0.4) is 0 Å². The summed E-state index contributed by atoms with van der Waals surface area (Å²) in [7, 11) is 0. The van der Waals surface area contributed by atoms with Gasteiger partial charge in [-0.25, -0.2) is 0 Å². The van der Waals surface area contributed by atoms with Crippen molar-refractivity contribution in [2.24, 2.45) is 0 Å². The standard InChI is InChI=1S/C26H20N2/c27-22-14-10-18(11-15-22)19-12-16-23(17-13-19)28-25-7-3-5-21-9-8-20-4-1-2-6-24(20)26(21)25/h1-17,28H,27H2. The molecular formula is C26H20N2. The van der Waals surface area contributed by atoms with E-state index >= 15 is 0 Å². The molecular weight excluding hydrogens is 340 g/mol. The molecule has 2 heteroatoms. The molecule has 0 aromatic heterocycles. The van der Waals surface area contributed by atoms with Crippen LogP contribution in [0.5, 0.6) is 0 Å². The van der Waals surface area contributed by atoms with Crippen molar-refractivity contribution in [3.63, 3.8) is 0 Å². The highest BCUT2D eigenvalue weighted by Gasteiger charge is 2.06. The minimum atomic E-state index is 0.783. The number of benzene rings is 5. The predicted octanol–water partition coefficient (Wildman–Crippen LogP) is 6.99. The van der Waals surface area contributed by atoms with E-state index in [9.17, 15) is 0 Å². The van der Waals surface area contributed by atoms with E-state index in [1.807, 2.05) is 12.1 Å². The Kier molecular flexibility index (Phi) is 3.95.